The summed E-state index contributed by atoms with van der Waals surface area (Å²) < 4.78 is 5.54. The molecule has 1 amide bonds. The van der Waals surface area contributed by atoms with Crippen LogP contribution in [0.2, 0.25) is 0 Å². The van der Waals surface area contributed by atoms with Crippen molar-refractivity contribution >= 4 is 5.91 Å². The second-order valence-corrected chi connectivity index (χ2v) is 5.90. The Morgan fingerprint density at radius 2 is 2.29 bits per heavy atom. The molecule has 0 unspecified atom stereocenters. The van der Waals surface area contributed by atoms with Gasteiger partial charge in [-0.25, -0.2) is 0 Å². The van der Waals surface area contributed by atoms with E-state index < -0.39 is 0 Å². The highest BCUT2D eigenvalue weighted by Gasteiger charge is 2.32. The molecule has 0 atom stereocenters. The molecule has 0 saturated heterocycles. The molecule has 0 aliphatic heterocycles. The Morgan fingerprint density at radius 1 is 1.48 bits per heavy atom. The fraction of sp³-hybridized carbons (Fsp3) is 0.571. The van der Waals surface area contributed by atoms with Crippen molar-refractivity contribution in [3.8, 4) is 0 Å². The minimum Gasteiger partial charge on any atom is -0.456 e. The van der Waals surface area contributed by atoms with Crippen LogP contribution in [-0.2, 0) is 6.42 Å². The van der Waals surface area contributed by atoms with Crippen LogP contribution in [0, 0.1) is 5.92 Å². The second kappa shape index (κ2) is 5.67. The SMILES string of the molecule is CC(C)c1ccc(C(=O)NC2CC(Cc3nn[nH]n3)C2)o1. The fourth-order valence-corrected chi connectivity index (χ4v) is 2.59. The summed E-state index contributed by atoms with van der Waals surface area (Å²) in [5, 5.41) is 16.9. The van der Waals surface area contributed by atoms with Gasteiger partial charge in [0.15, 0.2) is 11.6 Å². The van der Waals surface area contributed by atoms with Crippen LogP contribution in [0.3, 0.4) is 0 Å². The molecule has 2 N–H and O–H groups in total. The summed E-state index contributed by atoms with van der Waals surface area (Å²) in [6.07, 6.45) is 2.69. The van der Waals surface area contributed by atoms with Gasteiger partial charge < -0.3 is 9.73 Å². The molecule has 0 bridgehead atoms. The summed E-state index contributed by atoms with van der Waals surface area (Å²) >= 11 is 0. The molecule has 2 heterocycles. The number of nitrogens with one attached hydrogen (secondary N) is 2. The van der Waals surface area contributed by atoms with Crippen molar-refractivity contribution in [1.82, 2.24) is 25.9 Å². The summed E-state index contributed by atoms with van der Waals surface area (Å²) in [7, 11) is 0. The Balaban J connectivity index is 1.46. The van der Waals surface area contributed by atoms with Gasteiger partial charge >= 0.3 is 0 Å². The number of hydrogen-bond acceptors (Lipinski definition) is 5. The lowest BCUT2D eigenvalue weighted by molar-refractivity contribution is 0.0858. The quantitative estimate of drug-likeness (QED) is 0.872. The van der Waals surface area contributed by atoms with Crippen molar-refractivity contribution in [2.24, 2.45) is 5.92 Å². The molecule has 0 spiro atoms. The molecular formula is C14H19N5O2. The van der Waals surface area contributed by atoms with Crippen molar-refractivity contribution in [2.75, 3.05) is 0 Å². The Hall–Kier alpha value is -2.18. The first-order chi connectivity index (χ1) is 10.1. The Labute approximate surface area is 122 Å². The van der Waals surface area contributed by atoms with Gasteiger partial charge in [0.25, 0.3) is 5.91 Å². The third kappa shape index (κ3) is 3.12. The van der Waals surface area contributed by atoms with Crippen LogP contribution < -0.4 is 5.32 Å². The zero-order valence-corrected chi connectivity index (χ0v) is 12.2. The number of furan rings is 1. The van der Waals surface area contributed by atoms with E-state index in [1.54, 1.807) is 6.07 Å². The Morgan fingerprint density at radius 3 is 2.90 bits per heavy atom. The van der Waals surface area contributed by atoms with E-state index in [0.29, 0.717) is 11.7 Å². The molecule has 2 aromatic rings. The molecule has 7 heteroatoms. The average Bonchev–Trinajstić information content (AvgIpc) is 3.07. The molecule has 112 valence electrons. The lowest BCUT2D eigenvalue weighted by Gasteiger charge is -2.34. The molecule has 1 fully saturated rings. The third-order valence-electron chi connectivity index (χ3n) is 3.85. The molecule has 0 aromatic carbocycles. The zero-order valence-electron chi connectivity index (χ0n) is 12.2. The van der Waals surface area contributed by atoms with Gasteiger partial charge in [-0.1, -0.05) is 19.1 Å². The number of nitrogens with zero attached hydrogens (tertiary/aromatic N) is 3. The van der Waals surface area contributed by atoms with E-state index in [9.17, 15) is 4.79 Å². The largest absolute Gasteiger partial charge is 0.456 e. The van der Waals surface area contributed by atoms with E-state index in [1.165, 1.54) is 0 Å². The molecule has 2 aromatic heterocycles. The maximum absolute atomic E-state index is 12.1. The summed E-state index contributed by atoms with van der Waals surface area (Å²) in [6, 6.07) is 3.81. The van der Waals surface area contributed by atoms with Gasteiger partial charge in [0.2, 0.25) is 0 Å². The lowest BCUT2D eigenvalue weighted by Crippen LogP contribution is -2.44. The average molecular weight is 289 g/mol. The lowest BCUT2D eigenvalue weighted by atomic mass is 9.78. The number of H-pyrrole nitrogens is 1. The van der Waals surface area contributed by atoms with Crippen molar-refractivity contribution in [2.45, 2.75) is 45.1 Å². The van der Waals surface area contributed by atoms with E-state index in [4.69, 9.17) is 4.42 Å². The first kappa shape index (κ1) is 13.8. The minimum absolute atomic E-state index is 0.134. The molecule has 21 heavy (non-hydrogen) atoms. The molecule has 1 aliphatic rings. The van der Waals surface area contributed by atoms with Gasteiger partial charge in [-0.2, -0.15) is 5.21 Å². The van der Waals surface area contributed by atoms with Crippen LogP contribution in [0.25, 0.3) is 0 Å². The van der Waals surface area contributed by atoms with Gasteiger partial charge in [0.1, 0.15) is 5.76 Å². The Kier molecular flexibility index (Phi) is 3.72. The molecule has 0 radical (unpaired) electrons. The van der Waals surface area contributed by atoms with Gasteiger partial charge in [-0.3, -0.25) is 4.79 Å². The van der Waals surface area contributed by atoms with Crippen LogP contribution in [0.5, 0.6) is 0 Å². The van der Waals surface area contributed by atoms with Gasteiger partial charge in [0, 0.05) is 18.4 Å². The van der Waals surface area contributed by atoms with E-state index in [0.717, 1.165) is 30.8 Å². The molecule has 1 aliphatic carbocycles. The molecular weight excluding hydrogens is 270 g/mol. The third-order valence-corrected chi connectivity index (χ3v) is 3.85. The molecule has 1 saturated carbocycles. The highest BCUT2D eigenvalue weighted by Crippen LogP contribution is 2.30. The number of amides is 1. The topological polar surface area (TPSA) is 96.7 Å². The van der Waals surface area contributed by atoms with Crippen molar-refractivity contribution < 1.29 is 9.21 Å². The fourth-order valence-electron chi connectivity index (χ4n) is 2.59. The first-order valence-electron chi connectivity index (χ1n) is 7.24. The van der Waals surface area contributed by atoms with Crippen LogP contribution in [-0.4, -0.2) is 32.6 Å². The highest BCUT2D eigenvalue weighted by molar-refractivity contribution is 5.91. The van der Waals surface area contributed by atoms with E-state index >= 15 is 0 Å². The minimum atomic E-state index is -0.134. The van der Waals surface area contributed by atoms with Gasteiger partial charge in [0.05, 0.1) is 0 Å². The monoisotopic (exact) mass is 289 g/mol. The standard InChI is InChI=1S/C14H19N5O2/c1-8(2)11-3-4-12(21-11)14(20)15-10-5-9(6-10)7-13-16-18-19-17-13/h3-4,8-10H,5-7H2,1-2H3,(H,15,20)(H,16,17,18,19). The number of aromatic amines is 1. The smallest absolute Gasteiger partial charge is 0.287 e. The highest BCUT2D eigenvalue weighted by atomic mass is 16.4. The maximum Gasteiger partial charge on any atom is 0.287 e. The van der Waals surface area contributed by atoms with E-state index in [-0.39, 0.29) is 17.9 Å². The number of carbonyl (C=O) groups excluding carboxylic acids is 1. The van der Waals surface area contributed by atoms with E-state index in [2.05, 4.69) is 25.9 Å². The predicted octanol–water partition coefficient (Wildman–Crippen LogP) is 1.67. The Bertz CT molecular complexity index is 599. The van der Waals surface area contributed by atoms with Crippen LogP contribution in [0.1, 0.15) is 54.7 Å². The predicted molar refractivity (Wildman–Crippen MR) is 74.7 cm³/mol. The molecule has 7 nitrogen and oxygen atoms in total. The van der Waals surface area contributed by atoms with Crippen molar-refractivity contribution in [3.63, 3.8) is 0 Å². The zero-order chi connectivity index (χ0) is 14.8. The van der Waals surface area contributed by atoms with E-state index in [1.807, 2.05) is 19.9 Å². The number of hydrogen-bond donors (Lipinski definition) is 2. The first-order valence-corrected chi connectivity index (χ1v) is 7.24. The number of rotatable bonds is 5. The number of carbonyl (C=O) groups is 1. The maximum atomic E-state index is 12.1. The van der Waals surface area contributed by atoms with Crippen molar-refractivity contribution in [3.05, 3.63) is 29.5 Å². The number of tetrazole rings is 1. The van der Waals surface area contributed by atoms with Gasteiger partial charge in [-0.15, -0.1) is 10.2 Å². The van der Waals surface area contributed by atoms with Gasteiger partial charge in [-0.05, 0) is 30.9 Å². The van der Waals surface area contributed by atoms with Crippen LogP contribution >= 0.6 is 0 Å². The van der Waals surface area contributed by atoms with Crippen LogP contribution in [0.4, 0.5) is 0 Å². The summed E-state index contributed by atoms with van der Waals surface area (Å²) in [6.45, 7) is 4.07. The normalized spacial score (nSPS) is 21.3. The van der Waals surface area contributed by atoms with Crippen LogP contribution in [0.15, 0.2) is 16.5 Å². The summed E-state index contributed by atoms with van der Waals surface area (Å²) in [5.41, 5.74) is 0. The number of aromatic nitrogens is 4. The summed E-state index contributed by atoms with van der Waals surface area (Å²) in [4.78, 5) is 12.1. The summed E-state index contributed by atoms with van der Waals surface area (Å²) in [5.74, 6) is 2.62. The molecule has 3 rings (SSSR count). The van der Waals surface area contributed by atoms with Crippen molar-refractivity contribution in [1.29, 1.82) is 0 Å². The second-order valence-electron chi connectivity index (χ2n) is 5.90.